The van der Waals surface area contributed by atoms with Gasteiger partial charge in [0.15, 0.2) is 0 Å². The zero-order valence-electron chi connectivity index (χ0n) is 11.6. The van der Waals surface area contributed by atoms with E-state index in [0.29, 0.717) is 11.4 Å². The highest BCUT2D eigenvalue weighted by molar-refractivity contribution is 7.84. The topological polar surface area (TPSA) is 43.1 Å². The van der Waals surface area contributed by atoms with Crippen LogP contribution in [-0.2, 0) is 16.6 Å². The quantitative estimate of drug-likeness (QED) is 0.870. The third-order valence-electron chi connectivity index (χ3n) is 3.11. The van der Waals surface area contributed by atoms with Crippen molar-refractivity contribution in [2.75, 3.05) is 5.73 Å². The highest BCUT2D eigenvalue weighted by Crippen LogP contribution is 2.23. The Morgan fingerprint density at radius 2 is 1.68 bits per heavy atom. The van der Waals surface area contributed by atoms with Gasteiger partial charge in [-0.25, -0.2) is 0 Å². The molecule has 0 spiro atoms. The number of hydrogen-bond donors (Lipinski definition) is 1. The molecule has 0 amide bonds. The first-order valence-corrected chi connectivity index (χ1v) is 7.60. The van der Waals surface area contributed by atoms with Crippen LogP contribution in [-0.4, -0.2) is 4.21 Å². The van der Waals surface area contributed by atoms with Crippen LogP contribution in [0.3, 0.4) is 0 Å². The van der Waals surface area contributed by atoms with Crippen molar-refractivity contribution in [1.29, 1.82) is 0 Å². The Morgan fingerprint density at radius 1 is 1.05 bits per heavy atom. The Balaban J connectivity index is 2.28. The number of benzene rings is 2. The standard InChI is InChI=1S/C16H19NOS/c1-11-7-12(2)9-14(8-11)10-19(18)15-6-4-5-13(3)16(15)17/h4-9H,10,17H2,1-3H3. The average molecular weight is 273 g/mol. The number of nitrogen functional groups attached to an aromatic ring is 1. The first kappa shape index (κ1) is 13.8. The van der Waals surface area contributed by atoms with Gasteiger partial charge in [-0.3, -0.25) is 4.21 Å². The predicted octanol–water partition coefficient (Wildman–Crippen LogP) is 3.50. The Bertz CT molecular complexity index is 614. The first-order valence-electron chi connectivity index (χ1n) is 6.28. The summed E-state index contributed by atoms with van der Waals surface area (Å²) < 4.78 is 12.4. The van der Waals surface area contributed by atoms with E-state index < -0.39 is 10.8 Å². The van der Waals surface area contributed by atoms with Gasteiger partial charge in [0.2, 0.25) is 0 Å². The minimum atomic E-state index is -1.10. The molecule has 2 N–H and O–H groups in total. The fourth-order valence-electron chi connectivity index (χ4n) is 2.23. The summed E-state index contributed by atoms with van der Waals surface area (Å²) in [4.78, 5) is 0.735. The molecule has 0 heterocycles. The van der Waals surface area contributed by atoms with Crippen LogP contribution in [0.2, 0.25) is 0 Å². The monoisotopic (exact) mass is 273 g/mol. The smallest absolute Gasteiger partial charge is 0.0623 e. The zero-order valence-corrected chi connectivity index (χ0v) is 12.4. The van der Waals surface area contributed by atoms with Gasteiger partial charge in [0, 0.05) is 0 Å². The van der Waals surface area contributed by atoms with Crippen LogP contribution >= 0.6 is 0 Å². The molecule has 2 aromatic carbocycles. The molecule has 0 radical (unpaired) electrons. The van der Waals surface area contributed by atoms with Crippen LogP contribution < -0.4 is 5.73 Å². The van der Waals surface area contributed by atoms with E-state index in [1.54, 1.807) is 0 Å². The molecule has 0 aliphatic heterocycles. The van der Waals surface area contributed by atoms with E-state index in [1.165, 1.54) is 11.1 Å². The van der Waals surface area contributed by atoms with Gasteiger partial charge in [0.1, 0.15) is 0 Å². The summed E-state index contributed by atoms with van der Waals surface area (Å²) in [5, 5.41) is 0. The molecule has 100 valence electrons. The van der Waals surface area contributed by atoms with Crippen molar-refractivity contribution < 1.29 is 4.21 Å². The van der Waals surface area contributed by atoms with Gasteiger partial charge in [0.25, 0.3) is 0 Å². The number of anilines is 1. The van der Waals surface area contributed by atoms with Gasteiger partial charge in [-0.1, -0.05) is 41.5 Å². The van der Waals surface area contributed by atoms with E-state index in [4.69, 9.17) is 5.73 Å². The van der Waals surface area contributed by atoms with E-state index in [-0.39, 0.29) is 0 Å². The minimum absolute atomic E-state index is 0.510. The maximum Gasteiger partial charge on any atom is 0.0623 e. The number of rotatable bonds is 3. The van der Waals surface area contributed by atoms with Crippen LogP contribution in [0, 0.1) is 20.8 Å². The van der Waals surface area contributed by atoms with E-state index in [0.717, 1.165) is 16.0 Å². The lowest BCUT2D eigenvalue weighted by Crippen LogP contribution is -2.02. The minimum Gasteiger partial charge on any atom is -0.398 e. The number of hydrogen-bond acceptors (Lipinski definition) is 2. The summed E-state index contributed by atoms with van der Waals surface area (Å²) in [5.74, 6) is 0.510. The third kappa shape index (κ3) is 3.24. The summed E-state index contributed by atoms with van der Waals surface area (Å²) in [6, 6.07) is 12.0. The maximum atomic E-state index is 12.4. The Morgan fingerprint density at radius 3 is 2.32 bits per heavy atom. The van der Waals surface area contributed by atoms with Gasteiger partial charge in [0.05, 0.1) is 27.1 Å². The second-order valence-electron chi connectivity index (χ2n) is 4.97. The van der Waals surface area contributed by atoms with Crippen LogP contribution in [0.5, 0.6) is 0 Å². The molecule has 0 saturated heterocycles. The van der Waals surface area contributed by atoms with E-state index in [1.807, 2.05) is 25.1 Å². The molecule has 2 nitrogen and oxygen atoms in total. The number of nitrogens with two attached hydrogens (primary N) is 1. The Kier molecular flexibility index (Phi) is 4.05. The molecule has 0 bridgehead atoms. The lowest BCUT2D eigenvalue weighted by atomic mass is 10.1. The Labute approximate surface area is 117 Å². The molecular formula is C16H19NOS. The molecule has 3 heteroatoms. The van der Waals surface area contributed by atoms with Crippen molar-refractivity contribution in [3.8, 4) is 0 Å². The molecule has 1 atom stereocenters. The van der Waals surface area contributed by atoms with E-state index in [9.17, 15) is 4.21 Å². The van der Waals surface area contributed by atoms with E-state index in [2.05, 4.69) is 32.0 Å². The summed E-state index contributed by atoms with van der Waals surface area (Å²) in [5.41, 5.74) is 11.1. The van der Waals surface area contributed by atoms with Crippen molar-refractivity contribution in [3.05, 3.63) is 58.7 Å². The van der Waals surface area contributed by atoms with Gasteiger partial charge in [-0.15, -0.1) is 0 Å². The largest absolute Gasteiger partial charge is 0.398 e. The fraction of sp³-hybridized carbons (Fsp3) is 0.250. The lowest BCUT2D eigenvalue weighted by molar-refractivity contribution is 0.683. The van der Waals surface area contributed by atoms with Crippen molar-refractivity contribution in [1.82, 2.24) is 0 Å². The number of aryl methyl sites for hydroxylation is 3. The highest BCUT2D eigenvalue weighted by Gasteiger charge is 2.10. The Hall–Kier alpha value is -1.61. The molecule has 19 heavy (non-hydrogen) atoms. The number of para-hydroxylation sites is 1. The molecule has 0 fully saturated rings. The molecule has 0 aliphatic rings. The molecule has 0 aromatic heterocycles. The molecule has 0 aliphatic carbocycles. The van der Waals surface area contributed by atoms with Crippen LogP contribution in [0.25, 0.3) is 0 Å². The zero-order chi connectivity index (χ0) is 14.0. The molecule has 2 rings (SSSR count). The van der Waals surface area contributed by atoms with Gasteiger partial charge in [-0.05, 0) is 38.0 Å². The SMILES string of the molecule is Cc1cc(C)cc(CS(=O)c2cccc(C)c2N)c1. The molecular weight excluding hydrogens is 254 g/mol. The maximum absolute atomic E-state index is 12.4. The van der Waals surface area contributed by atoms with Crippen LogP contribution in [0.4, 0.5) is 5.69 Å². The second kappa shape index (κ2) is 5.57. The molecule has 1 unspecified atom stereocenters. The lowest BCUT2D eigenvalue weighted by Gasteiger charge is -2.09. The summed E-state index contributed by atoms with van der Waals surface area (Å²) in [7, 11) is -1.10. The van der Waals surface area contributed by atoms with Gasteiger partial charge in [-0.2, -0.15) is 0 Å². The van der Waals surface area contributed by atoms with Crippen molar-refractivity contribution >= 4 is 16.5 Å². The third-order valence-corrected chi connectivity index (χ3v) is 4.55. The average Bonchev–Trinajstić information content (AvgIpc) is 2.31. The van der Waals surface area contributed by atoms with Crippen molar-refractivity contribution in [2.45, 2.75) is 31.4 Å². The summed E-state index contributed by atoms with van der Waals surface area (Å²) >= 11 is 0. The summed E-state index contributed by atoms with van der Waals surface area (Å²) in [6.07, 6.45) is 0. The predicted molar refractivity (Wildman–Crippen MR) is 81.6 cm³/mol. The van der Waals surface area contributed by atoms with E-state index >= 15 is 0 Å². The van der Waals surface area contributed by atoms with Gasteiger partial charge >= 0.3 is 0 Å². The highest BCUT2D eigenvalue weighted by atomic mass is 32.2. The first-order chi connectivity index (χ1) is 8.97. The van der Waals surface area contributed by atoms with Crippen molar-refractivity contribution in [2.24, 2.45) is 0 Å². The van der Waals surface area contributed by atoms with Crippen LogP contribution in [0.15, 0.2) is 41.3 Å². The second-order valence-corrected chi connectivity index (χ2v) is 6.39. The van der Waals surface area contributed by atoms with Gasteiger partial charge < -0.3 is 5.73 Å². The normalized spacial score (nSPS) is 12.4. The summed E-state index contributed by atoms with van der Waals surface area (Å²) in [6.45, 7) is 6.05. The molecule has 0 saturated carbocycles. The fourth-order valence-corrected chi connectivity index (χ4v) is 3.50. The van der Waals surface area contributed by atoms with Crippen molar-refractivity contribution in [3.63, 3.8) is 0 Å². The van der Waals surface area contributed by atoms with Crippen LogP contribution in [0.1, 0.15) is 22.3 Å². The molecule has 2 aromatic rings.